The number of hydrogen-bond donors (Lipinski definition) is 1. The van der Waals surface area contributed by atoms with Gasteiger partial charge in [0.25, 0.3) is 0 Å². The van der Waals surface area contributed by atoms with Crippen LogP contribution in [0.3, 0.4) is 0 Å². The molecule has 2 aliphatic rings. The fourth-order valence-corrected chi connectivity index (χ4v) is 3.82. The Bertz CT molecular complexity index is 215. The lowest BCUT2D eigenvalue weighted by Gasteiger charge is -2.28. The molecule has 0 saturated heterocycles. The third-order valence-electron chi connectivity index (χ3n) is 5.17. The highest BCUT2D eigenvalue weighted by atomic mass is 15.1. The molecule has 2 saturated carbocycles. The Balaban J connectivity index is 1.53. The zero-order valence-electron chi connectivity index (χ0n) is 13.0. The predicted molar refractivity (Wildman–Crippen MR) is 83.6 cm³/mol. The van der Waals surface area contributed by atoms with Gasteiger partial charge in [0.2, 0.25) is 0 Å². The molecule has 0 aliphatic heterocycles. The average Bonchev–Trinajstić information content (AvgIpc) is 2.73. The van der Waals surface area contributed by atoms with Gasteiger partial charge < -0.3 is 10.2 Å². The van der Waals surface area contributed by atoms with E-state index in [0.29, 0.717) is 0 Å². The first kappa shape index (κ1) is 15.3. The van der Waals surface area contributed by atoms with Crippen molar-refractivity contribution >= 4 is 0 Å². The molecule has 1 N–H and O–H groups in total. The number of nitrogens with one attached hydrogen (secondary N) is 1. The van der Waals surface area contributed by atoms with Crippen LogP contribution in [0.5, 0.6) is 0 Å². The van der Waals surface area contributed by atoms with Crippen molar-refractivity contribution in [2.45, 2.75) is 89.1 Å². The zero-order valence-corrected chi connectivity index (χ0v) is 13.0. The second kappa shape index (κ2) is 8.97. The van der Waals surface area contributed by atoms with Crippen LogP contribution >= 0.6 is 0 Å². The van der Waals surface area contributed by atoms with Gasteiger partial charge in [-0.3, -0.25) is 0 Å². The normalized spacial score (nSPS) is 23.7. The van der Waals surface area contributed by atoms with Gasteiger partial charge in [-0.25, -0.2) is 0 Å². The van der Waals surface area contributed by atoms with Gasteiger partial charge in [-0.15, -0.1) is 0 Å². The van der Waals surface area contributed by atoms with Gasteiger partial charge >= 0.3 is 0 Å². The van der Waals surface area contributed by atoms with Gasteiger partial charge in [-0.05, 0) is 52.2 Å². The molecule has 2 fully saturated rings. The summed E-state index contributed by atoms with van der Waals surface area (Å²) in [7, 11) is 2.34. The zero-order chi connectivity index (χ0) is 13.3. The molecule has 2 aliphatic carbocycles. The third kappa shape index (κ3) is 5.83. The summed E-state index contributed by atoms with van der Waals surface area (Å²) in [5.74, 6) is 0. The third-order valence-corrected chi connectivity index (χ3v) is 5.17. The number of nitrogens with zero attached hydrogens (tertiary/aromatic N) is 1. The van der Waals surface area contributed by atoms with Crippen molar-refractivity contribution in [3.05, 3.63) is 0 Å². The second-order valence-corrected chi connectivity index (χ2v) is 6.77. The van der Waals surface area contributed by atoms with Gasteiger partial charge in [-0.1, -0.05) is 44.9 Å². The van der Waals surface area contributed by atoms with E-state index in [1.54, 1.807) is 0 Å². The van der Waals surface area contributed by atoms with Crippen LogP contribution in [-0.4, -0.2) is 37.1 Å². The lowest BCUT2D eigenvalue weighted by Crippen LogP contribution is -2.36. The fourth-order valence-electron chi connectivity index (χ4n) is 3.82. The lowest BCUT2D eigenvalue weighted by molar-refractivity contribution is 0.216. The van der Waals surface area contributed by atoms with Gasteiger partial charge in [0.05, 0.1) is 0 Å². The topological polar surface area (TPSA) is 15.3 Å². The molecule has 2 rings (SSSR count). The monoisotopic (exact) mass is 266 g/mol. The van der Waals surface area contributed by atoms with Crippen molar-refractivity contribution in [2.24, 2.45) is 0 Å². The molecule has 2 nitrogen and oxygen atoms in total. The van der Waals surface area contributed by atoms with Crippen molar-refractivity contribution in [2.75, 3.05) is 20.1 Å². The fraction of sp³-hybridized carbons (Fsp3) is 1.00. The first-order valence-corrected chi connectivity index (χ1v) is 8.80. The Hall–Kier alpha value is -0.0800. The summed E-state index contributed by atoms with van der Waals surface area (Å²) in [5.41, 5.74) is 0. The molecule has 0 unspecified atom stereocenters. The van der Waals surface area contributed by atoms with E-state index in [0.717, 1.165) is 12.1 Å². The Morgan fingerprint density at radius 1 is 0.842 bits per heavy atom. The van der Waals surface area contributed by atoms with E-state index >= 15 is 0 Å². The summed E-state index contributed by atoms with van der Waals surface area (Å²) in [5, 5.41) is 3.77. The van der Waals surface area contributed by atoms with Crippen LogP contribution in [-0.2, 0) is 0 Å². The van der Waals surface area contributed by atoms with Crippen molar-refractivity contribution in [1.82, 2.24) is 10.2 Å². The number of rotatable bonds is 6. The highest BCUT2D eigenvalue weighted by Crippen LogP contribution is 2.21. The summed E-state index contributed by atoms with van der Waals surface area (Å²) < 4.78 is 0. The van der Waals surface area contributed by atoms with Crippen LogP contribution < -0.4 is 5.32 Å². The van der Waals surface area contributed by atoms with E-state index in [1.807, 2.05) is 0 Å². The molecule has 0 radical (unpaired) electrons. The van der Waals surface area contributed by atoms with E-state index in [1.165, 1.54) is 90.1 Å². The summed E-state index contributed by atoms with van der Waals surface area (Å²) in [4.78, 5) is 2.63. The number of hydrogen-bond acceptors (Lipinski definition) is 2. The quantitative estimate of drug-likeness (QED) is 0.578. The van der Waals surface area contributed by atoms with Crippen LogP contribution in [0, 0.1) is 0 Å². The van der Waals surface area contributed by atoms with Gasteiger partial charge in [-0.2, -0.15) is 0 Å². The largest absolute Gasteiger partial charge is 0.314 e. The maximum atomic E-state index is 3.77. The highest BCUT2D eigenvalue weighted by molar-refractivity contribution is 4.74. The Labute approximate surface area is 120 Å². The van der Waals surface area contributed by atoms with E-state index < -0.39 is 0 Å². The summed E-state index contributed by atoms with van der Waals surface area (Å²) in [6, 6.07) is 1.70. The van der Waals surface area contributed by atoms with Crippen molar-refractivity contribution in [3.8, 4) is 0 Å². The summed E-state index contributed by atoms with van der Waals surface area (Å²) in [6.45, 7) is 2.51. The van der Waals surface area contributed by atoms with E-state index in [9.17, 15) is 0 Å². The van der Waals surface area contributed by atoms with Crippen LogP contribution in [0.2, 0.25) is 0 Å². The van der Waals surface area contributed by atoms with Crippen molar-refractivity contribution < 1.29 is 0 Å². The molecule has 0 aromatic heterocycles. The maximum Gasteiger partial charge on any atom is 0.00922 e. The van der Waals surface area contributed by atoms with Gasteiger partial charge in [0.15, 0.2) is 0 Å². The molecule has 0 spiro atoms. The van der Waals surface area contributed by atoms with Crippen LogP contribution in [0.15, 0.2) is 0 Å². The molecule has 0 aromatic rings. The standard InChI is InChI=1S/C17H34N2/c1-19(17-12-7-2-3-8-13-17)15-9-14-18-16-10-5-4-6-11-16/h16-18H,2-15H2,1H3. The second-order valence-electron chi connectivity index (χ2n) is 6.77. The molecular formula is C17H34N2. The molecular weight excluding hydrogens is 232 g/mol. The molecule has 0 heterocycles. The summed E-state index contributed by atoms with van der Waals surface area (Å²) in [6.07, 6.45) is 17.2. The van der Waals surface area contributed by atoms with E-state index in [4.69, 9.17) is 0 Å². The summed E-state index contributed by atoms with van der Waals surface area (Å²) >= 11 is 0. The molecule has 0 atom stereocenters. The first-order chi connectivity index (χ1) is 9.36. The van der Waals surface area contributed by atoms with E-state index in [-0.39, 0.29) is 0 Å². The lowest BCUT2D eigenvalue weighted by atomic mass is 9.95. The van der Waals surface area contributed by atoms with Crippen molar-refractivity contribution in [3.63, 3.8) is 0 Å². The SMILES string of the molecule is CN(CCCNC1CCCCC1)C1CCCCCC1. The van der Waals surface area contributed by atoms with Crippen molar-refractivity contribution in [1.29, 1.82) is 0 Å². The first-order valence-electron chi connectivity index (χ1n) is 8.80. The highest BCUT2D eigenvalue weighted by Gasteiger charge is 2.16. The van der Waals surface area contributed by atoms with Crippen LogP contribution in [0.25, 0.3) is 0 Å². The minimum absolute atomic E-state index is 0.830. The molecule has 19 heavy (non-hydrogen) atoms. The average molecular weight is 266 g/mol. The van der Waals surface area contributed by atoms with E-state index in [2.05, 4.69) is 17.3 Å². The van der Waals surface area contributed by atoms with Gasteiger partial charge in [0.1, 0.15) is 0 Å². The minimum Gasteiger partial charge on any atom is -0.314 e. The molecule has 0 bridgehead atoms. The molecule has 0 amide bonds. The van der Waals surface area contributed by atoms with Gasteiger partial charge in [0, 0.05) is 12.1 Å². The Morgan fingerprint density at radius 3 is 2.11 bits per heavy atom. The minimum atomic E-state index is 0.830. The molecule has 2 heteroatoms. The van der Waals surface area contributed by atoms with Crippen LogP contribution in [0.1, 0.15) is 77.0 Å². The molecule has 112 valence electrons. The Kier molecular flexibility index (Phi) is 7.23. The van der Waals surface area contributed by atoms with Crippen LogP contribution in [0.4, 0.5) is 0 Å². The molecule has 0 aromatic carbocycles. The predicted octanol–water partition coefficient (Wildman–Crippen LogP) is 3.95. The maximum absolute atomic E-state index is 3.77. The Morgan fingerprint density at radius 2 is 1.42 bits per heavy atom. The smallest absolute Gasteiger partial charge is 0.00922 e.